The minimum absolute atomic E-state index is 0.186. The van der Waals surface area contributed by atoms with Crippen molar-refractivity contribution in [2.24, 2.45) is 11.5 Å². The molecular weight excluding hydrogens is 300 g/mol. The topological polar surface area (TPSA) is 201 Å². The van der Waals surface area contributed by atoms with Crippen LogP contribution in [0.1, 0.15) is 38.5 Å². The zero-order valence-electron chi connectivity index (χ0n) is 12.0. The maximum atomic E-state index is 10.3. The molecular formula is C12H22N2O8. The van der Waals surface area contributed by atoms with Crippen molar-refractivity contribution in [1.29, 1.82) is 0 Å². The van der Waals surface area contributed by atoms with Crippen LogP contribution in [0.15, 0.2) is 0 Å². The summed E-state index contributed by atoms with van der Waals surface area (Å²) in [4.78, 5) is 39.7. The molecule has 0 fully saturated rings. The highest BCUT2D eigenvalue weighted by Gasteiger charge is 2.18. The zero-order chi connectivity index (χ0) is 17.7. The van der Waals surface area contributed by atoms with Crippen molar-refractivity contribution in [2.75, 3.05) is 0 Å². The summed E-state index contributed by atoms with van der Waals surface area (Å²) in [5.41, 5.74) is 9.85. The van der Waals surface area contributed by atoms with Crippen LogP contribution in [0.4, 0.5) is 0 Å². The van der Waals surface area contributed by atoms with Gasteiger partial charge in [-0.25, -0.2) is 9.59 Å². The SMILES string of the molecule is NC(C(=O)O)C(=O)O.NC(CCCCCCC(=O)O)C(=O)O. The van der Waals surface area contributed by atoms with Crippen LogP contribution in [0.25, 0.3) is 0 Å². The number of hydrogen-bond donors (Lipinski definition) is 6. The van der Waals surface area contributed by atoms with Gasteiger partial charge in [-0.15, -0.1) is 0 Å². The Balaban J connectivity index is 0. The van der Waals surface area contributed by atoms with Crippen LogP contribution < -0.4 is 11.5 Å². The van der Waals surface area contributed by atoms with Crippen molar-refractivity contribution >= 4 is 23.9 Å². The second-order valence-corrected chi connectivity index (χ2v) is 4.45. The lowest BCUT2D eigenvalue weighted by atomic mass is 10.1. The van der Waals surface area contributed by atoms with E-state index in [9.17, 15) is 19.2 Å². The fraction of sp³-hybridized carbons (Fsp3) is 0.667. The van der Waals surface area contributed by atoms with Gasteiger partial charge in [0.1, 0.15) is 6.04 Å². The minimum Gasteiger partial charge on any atom is -0.481 e. The van der Waals surface area contributed by atoms with Crippen LogP contribution >= 0.6 is 0 Å². The molecule has 0 spiro atoms. The van der Waals surface area contributed by atoms with E-state index in [4.69, 9.17) is 26.2 Å². The van der Waals surface area contributed by atoms with Crippen LogP contribution in [0.2, 0.25) is 0 Å². The van der Waals surface area contributed by atoms with E-state index in [1.807, 2.05) is 0 Å². The van der Waals surface area contributed by atoms with Crippen molar-refractivity contribution < 1.29 is 39.6 Å². The minimum atomic E-state index is -1.80. The molecule has 0 saturated heterocycles. The zero-order valence-corrected chi connectivity index (χ0v) is 12.0. The third-order valence-corrected chi connectivity index (χ3v) is 2.51. The van der Waals surface area contributed by atoms with E-state index < -0.39 is 36.0 Å². The first-order valence-electron chi connectivity index (χ1n) is 6.51. The third-order valence-electron chi connectivity index (χ3n) is 2.51. The van der Waals surface area contributed by atoms with Gasteiger partial charge in [-0.2, -0.15) is 0 Å². The molecule has 0 aliphatic heterocycles. The summed E-state index contributed by atoms with van der Waals surface area (Å²) in [5.74, 6) is -4.82. The van der Waals surface area contributed by atoms with Gasteiger partial charge in [0.25, 0.3) is 0 Å². The molecule has 0 amide bonds. The molecule has 0 rings (SSSR count). The fourth-order valence-electron chi connectivity index (χ4n) is 1.22. The predicted molar refractivity (Wildman–Crippen MR) is 74.2 cm³/mol. The summed E-state index contributed by atoms with van der Waals surface area (Å²) in [5, 5.41) is 32.5. The Morgan fingerprint density at radius 2 is 1.18 bits per heavy atom. The van der Waals surface area contributed by atoms with Crippen LogP contribution in [-0.2, 0) is 19.2 Å². The number of nitrogens with two attached hydrogens (primary N) is 2. The molecule has 10 heteroatoms. The van der Waals surface area contributed by atoms with E-state index in [-0.39, 0.29) is 6.42 Å². The number of carboxylic acids is 4. The molecule has 0 radical (unpaired) electrons. The van der Waals surface area contributed by atoms with E-state index in [2.05, 4.69) is 5.73 Å². The van der Waals surface area contributed by atoms with Crippen molar-refractivity contribution in [3.05, 3.63) is 0 Å². The number of carboxylic acid groups (broad SMARTS) is 4. The Morgan fingerprint density at radius 3 is 1.50 bits per heavy atom. The van der Waals surface area contributed by atoms with Crippen molar-refractivity contribution in [1.82, 2.24) is 0 Å². The van der Waals surface area contributed by atoms with Gasteiger partial charge in [0.15, 0.2) is 0 Å². The highest BCUT2D eigenvalue weighted by molar-refractivity contribution is 5.96. The molecule has 0 heterocycles. The van der Waals surface area contributed by atoms with Crippen LogP contribution in [0, 0.1) is 0 Å². The summed E-state index contributed by atoms with van der Waals surface area (Å²) in [6, 6.07) is -2.58. The Morgan fingerprint density at radius 1 is 0.727 bits per heavy atom. The van der Waals surface area contributed by atoms with E-state index in [1.165, 1.54) is 0 Å². The maximum Gasteiger partial charge on any atom is 0.332 e. The number of unbranched alkanes of at least 4 members (excludes halogenated alkanes) is 3. The Hall–Kier alpha value is -2.20. The van der Waals surface area contributed by atoms with Crippen LogP contribution in [-0.4, -0.2) is 56.4 Å². The highest BCUT2D eigenvalue weighted by Crippen LogP contribution is 2.06. The van der Waals surface area contributed by atoms with Gasteiger partial charge >= 0.3 is 23.9 Å². The van der Waals surface area contributed by atoms with Gasteiger partial charge in [0.2, 0.25) is 6.04 Å². The summed E-state index contributed by atoms with van der Waals surface area (Å²) >= 11 is 0. The van der Waals surface area contributed by atoms with Crippen molar-refractivity contribution in [3.63, 3.8) is 0 Å². The van der Waals surface area contributed by atoms with Crippen molar-refractivity contribution in [2.45, 2.75) is 50.6 Å². The fourth-order valence-corrected chi connectivity index (χ4v) is 1.22. The molecule has 0 aromatic carbocycles. The molecule has 0 saturated carbocycles. The lowest BCUT2D eigenvalue weighted by molar-refractivity contribution is -0.149. The van der Waals surface area contributed by atoms with E-state index in [0.717, 1.165) is 19.3 Å². The molecule has 10 nitrogen and oxygen atoms in total. The van der Waals surface area contributed by atoms with Gasteiger partial charge in [-0.1, -0.05) is 19.3 Å². The van der Waals surface area contributed by atoms with Gasteiger partial charge in [0, 0.05) is 6.42 Å². The Kier molecular flexibility index (Phi) is 12.6. The van der Waals surface area contributed by atoms with Crippen molar-refractivity contribution in [3.8, 4) is 0 Å². The van der Waals surface area contributed by atoms with Gasteiger partial charge in [0.05, 0.1) is 0 Å². The maximum absolute atomic E-state index is 10.3. The van der Waals surface area contributed by atoms with Gasteiger partial charge in [-0.05, 0) is 12.8 Å². The predicted octanol–water partition coefficient (Wildman–Crippen LogP) is -0.694. The molecule has 1 atom stereocenters. The second-order valence-electron chi connectivity index (χ2n) is 4.45. The first-order valence-corrected chi connectivity index (χ1v) is 6.51. The molecule has 0 aromatic heterocycles. The number of rotatable bonds is 10. The smallest absolute Gasteiger partial charge is 0.332 e. The molecule has 22 heavy (non-hydrogen) atoms. The van der Waals surface area contributed by atoms with E-state index in [1.54, 1.807) is 0 Å². The van der Waals surface area contributed by atoms with E-state index >= 15 is 0 Å². The highest BCUT2D eigenvalue weighted by atomic mass is 16.4. The molecule has 0 aliphatic carbocycles. The van der Waals surface area contributed by atoms with Crippen LogP contribution in [0.5, 0.6) is 0 Å². The summed E-state index contributed by atoms with van der Waals surface area (Å²) in [7, 11) is 0. The first-order chi connectivity index (χ1) is 10.1. The average molecular weight is 322 g/mol. The molecule has 0 bridgehead atoms. The lowest BCUT2D eigenvalue weighted by Gasteiger charge is -2.04. The molecule has 0 aromatic rings. The second kappa shape index (κ2) is 12.5. The lowest BCUT2D eigenvalue weighted by Crippen LogP contribution is -2.38. The molecule has 0 aliphatic rings. The largest absolute Gasteiger partial charge is 0.481 e. The number of carbonyl (C=O) groups is 4. The molecule has 1 unspecified atom stereocenters. The van der Waals surface area contributed by atoms with Gasteiger partial charge in [-0.3, -0.25) is 9.59 Å². The monoisotopic (exact) mass is 322 g/mol. The molecule has 8 N–H and O–H groups in total. The van der Waals surface area contributed by atoms with E-state index in [0.29, 0.717) is 12.8 Å². The first kappa shape index (κ1) is 22.1. The Bertz CT molecular complexity index is 371. The summed E-state index contributed by atoms with van der Waals surface area (Å²) < 4.78 is 0. The Labute approximate surface area is 126 Å². The normalized spacial score (nSPS) is 11.2. The quantitative estimate of drug-likeness (QED) is 0.220. The van der Waals surface area contributed by atoms with Crippen LogP contribution in [0.3, 0.4) is 0 Å². The number of aliphatic carboxylic acids is 4. The third kappa shape index (κ3) is 14.2. The summed E-state index contributed by atoms with van der Waals surface area (Å²) in [6.45, 7) is 0. The standard InChI is InChI=1S/C9H17NO4.C3H5NO4/c10-7(9(13)14)5-3-1-2-4-6-8(11)12;4-1(2(5)6)3(7)8/h7H,1-6,10H2,(H,11,12)(H,13,14);1H,4H2,(H,5,6)(H,7,8). The molecule has 128 valence electrons. The average Bonchev–Trinajstić information content (AvgIpc) is 2.41. The number of hydrogen-bond acceptors (Lipinski definition) is 6. The summed E-state index contributed by atoms with van der Waals surface area (Å²) in [6.07, 6.45) is 3.70. The van der Waals surface area contributed by atoms with Gasteiger partial charge < -0.3 is 31.9 Å².